The normalized spacial score (nSPS) is 19.6. The molecule has 146 valence electrons. The molecule has 0 fully saturated rings. The summed E-state index contributed by atoms with van der Waals surface area (Å²) in [6.45, 7) is 5.41. The summed E-state index contributed by atoms with van der Waals surface area (Å²) in [6, 6.07) is 4.67. The van der Waals surface area contributed by atoms with Crippen LogP contribution in [0.3, 0.4) is 0 Å². The third-order valence-corrected chi connectivity index (χ3v) is 5.12. The zero-order chi connectivity index (χ0) is 19.7. The molecule has 7 nitrogen and oxygen atoms in total. The van der Waals surface area contributed by atoms with Crippen LogP contribution in [-0.4, -0.2) is 56.1 Å². The highest BCUT2D eigenvalue weighted by molar-refractivity contribution is 6.01. The third kappa shape index (κ3) is 3.59. The number of rotatable bonds is 6. The van der Waals surface area contributed by atoms with E-state index in [9.17, 15) is 9.59 Å². The lowest BCUT2D eigenvalue weighted by atomic mass is 9.95. The second-order valence-electron chi connectivity index (χ2n) is 7.36. The summed E-state index contributed by atoms with van der Waals surface area (Å²) in [5.41, 5.74) is 2.15. The van der Waals surface area contributed by atoms with Gasteiger partial charge in [-0.3, -0.25) is 9.69 Å². The Hall–Kier alpha value is -2.70. The summed E-state index contributed by atoms with van der Waals surface area (Å²) in [7, 11) is 4.85. The monoisotopic (exact) mass is 373 g/mol. The minimum absolute atomic E-state index is 0.0238. The fraction of sp³-hybridized carbons (Fsp3) is 0.500. The average molecular weight is 373 g/mol. The number of hydrogen-bond acceptors (Lipinski definition) is 4. The number of ether oxygens (including phenoxy) is 2. The fourth-order valence-corrected chi connectivity index (χ4v) is 3.46. The largest absolute Gasteiger partial charge is 0.497 e. The van der Waals surface area contributed by atoms with E-state index in [1.807, 2.05) is 17.0 Å². The zero-order valence-corrected chi connectivity index (χ0v) is 16.5. The van der Waals surface area contributed by atoms with E-state index in [2.05, 4.69) is 19.2 Å². The van der Waals surface area contributed by atoms with E-state index in [0.717, 1.165) is 17.7 Å². The number of carbonyl (C=O) groups excluding carboxylic acids is 2. The second kappa shape index (κ2) is 7.50. The first-order chi connectivity index (χ1) is 12.8. The van der Waals surface area contributed by atoms with Gasteiger partial charge in [-0.05, 0) is 30.0 Å². The van der Waals surface area contributed by atoms with Gasteiger partial charge in [0, 0.05) is 19.7 Å². The van der Waals surface area contributed by atoms with Crippen LogP contribution >= 0.6 is 0 Å². The third-order valence-electron chi connectivity index (χ3n) is 5.12. The Morgan fingerprint density at radius 3 is 2.33 bits per heavy atom. The lowest BCUT2D eigenvalue weighted by Gasteiger charge is -2.31. The molecule has 1 aromatic rings. The second-order valence-corrected chi connectivity index (χ2v) is 7.36. The molecule has 1 atom stereocenters. The van der Waals surface area contributed by atoms with Crippen molar-refractivity contribution in [2.24, 2.45) is 5.92 Å². The van der Waals surface area contributed by atoms with Gasteiger partial charge in [0.05, 0.1) is 38.1 Å². The molecule has 1 aromatic carbocycles. The molecule has 3 rings (SSSR count). The van der Waals surface area contributed by atoms with Gasteiger partial charge < -0.3 is 19.7 Å². The summed E-state index contributed by atoms with van der Waals surface area (Å²) < 4.78 is 10.7. The van der Waals surface area contributed by atoms with E-state index < -0.39 is 6.04 Å². The van der Waals surface area contributed by atoms with Crippen molar-refractivity contribution < 1.29 is 19.1 Å². The molecule has 0 unspecified atom stereocenters. The molecule has 0 saturated carbocycles. The van der Waals surface area contributed by atoms with Crippen molar-refractivity contribution in [1.29, 1.82) is 0 Å². The van der Waals surface area contributed by atoms with Crippen LogP contribution in [0.1, 0.15) is 31.9 Å². The fourth-order valence-electron chi connectivity index (χ4n) is 3.46. The SMILES string of the molecule is COc1cc(OC)cc([C@H]2NC(=O)N(C)C3=C2C(=O)N(CCC(C)C)C3)c1. The van der Waals surface area contributed by atoms with Crippen LogP contribution < -0.4 is 14.8 Å². The minimum Gasteiger partial charge on any atom is -0.497 e. The Morgan fingerprint density at radius 2 is 1.78 bits per heavy atom. The van der Waals surface area contributed by atoms with Crippen molar-refractivity contribution in [2.75, 3.05) is 34.4 Å². The van der Waals surface area contributed by atoms with E-state index in [1.54, 1.807) is 27.3 Å². The van der Waals surface area contributed by atoms with E-state index in [4.69, 9.17) is 9.47 Å². The van der Waals surface area contributed by atoms with Crippen LogP contribution in [0.25, 0.3) is 0 Å². The molecule has 27 heavy (non-hydrogen) atoms. The van der Waals surface area contributed by atoms with Crippen LogP contribution in [0.5, 0.6) is 11.5 Å². The highest BCUT2D eigenvalue weighted by atomic mass is 16.5. The molecule has 0 bridgehead atoms. The lowest BCUT2D eigenvalue weighted by molar-refractivity contribution is -0.125. The van der Waals surface area contributed by atoms with Crippen molar-refractivity contribution in [1.82, 2.24) is 15.1 Å². The first-order valence-corrected chi connectivity index (χ1v) is 9.15. The van der Waals surface area contributed by atoms with Gasteiger partial charge in [-0.25, -0.2) is 4.79 Å². The van der Waals surface area contributed by atoms with Gasteiger partial charge >= 0.3 is 6.03 Å². The van der Waals surface area contributed by atoms with Crippen LogP contribution in [0, 0.1) is 5.92 Å². The van der Waals surface area contributed by atoms with Crippen molar-refractivity contribution in [3.8, 4) is 11.5 Å². The van der Waals surface area contributed by atoms with Gasteiger partial charge in [0.1, 0.15) is 11.5 Å². The Kier molecular flexibility index (Phi) is 5.30. The van der Waals surface area contributed by atoms with Crippen molar-refractivity contribution in [3.63, 3.8) is 0 Å². The smallest absolute Gasteiger partial charge is 0.322 e. The molecule has 1 N–H and O–H groups in total. The Labute approximate surface area is 159 Å². The van der Waals surface area contributed by atoms with Crippen LogP contribution in [0.4, 0.5) is 4.79 Å². The molecule has 2 aliphatic heterocycles. The van der Waals surface area contributed by atoms with Crippen LogP contribution in [0.2, 0.25) is 0 Å². The first-order valence-electron chi connectivity index (χ1n) is 9.15. The highest BCUT2D eigenvalue weighted by Gasteiger charge is 2.42. The van der Waals surface area contributed by atoms with E-state index >= 15 is 0 Å². The Morgan fingerprint density at radius 1 is 1.15 bits per heavy atom. The molecule has 3 amide bonds. The molecule has 0 aromatic heterocycles. The summed E-state index contributed by atoms with van der Waals surface area (Å²) in [6.07, 6.45) is 0.926. The van der Waals surface area contributed by atoms with Crippen LogP contribution in [-0.2, 0) is 4.79 Å². The molecule has 2 heterocycles. The van der Waals surface area contributed by atoms with Crippen molar-refractivity contribution in [2.45, 2.75) is 26.3 Å². The van der Waals surface area contributed by atoms with Gasteiger partial charge in [-0.2, -0.15) is 0 Å². The Bertz CT molecular complexity index is 765. The van der Waals surface area contributed by atoms with Gasteiger partial charge in [-0.15, -0.1) is 0 Å². The van der Waals surface area contributed by atoms with E-state index in [1.165, 1.54) is 4.90 Å². The molecular weight excluding hydrogens is 346 g/mol. The maximum absolute atomic E-state index is 13.1. The van der Waals surface area contributed by atoms with Gasteiger partial charge in [0.15, 0.2) is 0 Å². The van der Waals surface area contributed by atoms with Gasteiger partial charge in [0.25, 0.3) is 5.91 Å². The van der Waals surface area contributed by atoms with Crippen molar-refractivity contribution in [3.05, 3.63) is 35.0 Å². The molecule has 2 aliphatic rings. The van der Waals surface area contributed by atoms with Crippen molar-refractivity contribution >= 4 is 11.9 Å². The molecule has 0 saturated heterocycles. The topological polar surface area (TPSA) is 71.1 Å². The lowest BCUT2D eigenvalue weighted by Crippen LogP contribution is -2.45. The summed E-state index contributed by atoms with van der Waals surface area (Å²) >= 11 is 0. The maximum atomic E-state index is 13.1. The molecular formula is C20H27N3O4. The predicted molar refractivity (Wildman–Crippen MR) is 102 cm³/mol. The molecule has 0 radical (unpaired) electrons. The van der Waals surface area contributed by atoms with Gasteiger partial charge in [-0.1, -0.05) is 13.8 Å². The minimum atomic E-state index is -0.524. The standard InChI is InChI=1S/C20H27N3O4/c1-12(2)6-7-23-11-16-17(19(23)24)18(21-20(25)22(16)3)13-8-14(26-4)10-15(9-13)27-5/h8-10,12,18H,6-7,11H2,1-5H3,(H,21,25)/t18-/m1/s1. The number of benzene rings is 1. The van der Waals surface area contributed by atoms with Crippen LogP contribution in [0.15, 0.2) is 29.5 Å². The molecule has 7 heteroatoms. The zero-order valence-electron chi connectivity index (χ0n) is 16.5. The van der Waals surface area contributed by atoms with Gasteiger partial charge in [0.2, 0.25) is 0 Å². The summed E-state index contributed by atoms with van der Waals surface area (Å²) in [5.74, 6) is 1.71. The number of nitrogens with one attached hydrogen (secondary N) is 1. The average Bonchev–Trinajstić information content (AvgIpc) is 2.99. The predicted octanol–water partition coefficient (Wildman–Crippen LogP) is 2.54. The summed E-state index contributed by atoms with van der Waals surface area (Å²) in [4.78, 5) is 29.0. The number of methoxy groups -OCH3 is 2. The maximum Gasteiger partial charge on any atom is 0.322 e. The number of hydrogen-bond donors (Lipinski definition) is 1. The van der Waals surface area contributed by atoms with E-state index in [0.29, 0.717) is 36.1 Å². The molecule has 0 spiro atoms. The number of urea groups is 1. The number of likely N-dealkylation sites (N-methyl/N-ethyl adjacent to an activating group) is 1. The molecule has 0 aliphatic carbocycles. The quantitative estimate of drug-likeness (QED) is 0.832. The number of amides is 3. The first kappa shape index (κ1) is 19.1. The number of carbonyl (C=O) groups is 2. The summed E-state index contributed by atoms with van der Waals surface area (Å²) in [5, 5.41) is 2.94. The Balaban J connectivity index is 1.99. The number of nitrogens with zero attached hydrogens (tertiary/aromatic N) is 2. The van der Waals surface area contributed by atoms with E-state index in [-0.39, 0.29) is 11.9 Å². The highest BCUT2D eigenvalue weighted by Crippen LogP contribution is 2.38.